The Morgan fingerprint density at radius 2 is 1.68 bits per heavy atom. The first-order chi connectivity index (χ1) is 16.0. The van der Waals surface area contributed by atoms with Crippen LogP contribution >= 0.6 is 0 Å². The van der Waals surface area contributed by atoms with Crippen molar-refractivity contribution < 1.29 is 31.1 Å². The standard InChI is InChI=1S/C24H29F3N2O4S/c1-17-3-8-22(18(2)13-17)34(31,32)29-11-9-21(10-12-29)23(30)28-14-19-4-6-20(7-5-19)15-33-16-24(25,26)27/h3-8,13,21H,9-12,14-16H2,1-2H3,(H,28,30). The minimum absolute atomic E-state index is 0.138. The molecule has 0 saturated carbocycles. The van der Waals surface area contributed by atoms with Crippen molar-refractivity contribution in [3.05, 3.63) is 64.7 Å². The summed E-state index contributed by atoms with van der Waals surface area (Å²) >= 11 is 0. The highest BCUT2D eigenvalue weighted by Crippen LogP contribution is 2.26. The molecule has 6 nitrogen and oxygen atoms in total. The Morgan fingerprint density at radius 1 is 1.06 bits per heavy atom. The fourth-order valence-corrected chi connectivity index (χ4v) is 5.63. The minimum atomic E-state index is -4.36. The van der Waals surface area contributed by atoms with Crippen molar-refractivity contribution in [2.45, 2.75) is 50.9 Å². The van der Waals surface area contributed by atoms with Crippen molar-refractivity contribution in [3.63, 3.8) is 0 Å². The average molecular weight is 499 g/mol. The molecular weight excluding hydrogens is 469 g/mol. The molecule has 10 heteroatoms. The van der Waals surface area contributed by atoms with Gasteiger partial charge in [-0.15, -0.1) is 0 Å². The average Bonchev–Trinajstić information content (AvgIpc) is 2.77. The molecule has 1 fully saturated rings. The van der Waals surface area contributed by atoms with Crippen LogP contribution < -0.4 is 5.32 Å². The Labute approximate surface area is 198 Å². The van der Waals surface area contributed by atoms with Gasteiger partial charge in [0.2, 0.25) is 15.9 Å². The van der Waals surface area contributed by atoms with E-state index in [0.29, 0.717) is 28.9 Å². The zero-order valence-electron chi connectivity index (χ0n) is 19.2. The molecule has 186 valence electrons. The topological polar surface area (TPSA) is 75.7 Å². The van der Waals surface area contributed by atoms with Gasteiger partial charge >= 0.3 is 6.18 Å². The summed E-state index contributed by atoms with van der Waals surface area (Å²) in [6.45, 7) is 3.09. The number of alkyl halides is 3. The van der Waals surface area contributed by atoms with Gasteiger partial charge in [-0.25, -0.2) is 8.42 Å². The fraction of sp³-hybridized carbons (Fsp3) is 0.458. The lowest BCUT2D eigenvalue weighted by Gasteiger charge is -2.31. The van der Waals surface area contributed by atoms with Gasteiger partial charge in [-0.1, -0.05) is 42.0 Å². The van der Waals surface area contributed by atoms with Crippen LogP contribution in [0.1, 0.15) is 35.1 Å². The number of nitrogens with one attached hydrogen (secondary N) is 1. The normalized spacial score (nSPS) is 15.9. The number of rotatable bonds is 8. The zero-order valence-corrected chi connectivity index (χ0v) is 20.0. The quantitative estimate of drug-likeness (QED) is 0.595. The van der Waals surface area contributed by atoms with Crippen LogP contribution in [0.5, 0.6) is 0 Å². The molecule has 1 saturated heterocycles. The molecule has 0 atom stereocenters. The number of halogens is 3. The van der Waals surface area contributed by atoms with Crippen LogP contribution in [0.2, 0.25) is 0 Å². The van der Waals surface area contributed by atoms with Gasteiger partial charge in [-0.2, -0.15) is 17.5 Å². The maximum atomic E-state index is 13.0. The second-order valence-corrected chi connectivity index (χ2v) is 10.5. The highest BCUT2D eigenvalue weighted by molar-refractivity contribution is 7.89. The van der Waals surface area contributed by atoms with Crippen LogP contribution in [0, 0.1) is 19.8 Å². The van der Waals surface area contributed by atoms with Crippen LogP contribution in [-0.2, 0) is 32.7 Å². The molecule has 0 spiro atoms. The second kappa shape index (κ2) is 10.9. The molecule has 1 N–H and O–H groups in total. The van der Waals surface area contributed by atoms with E-state index in [2.05, 4.69) is 10.1 Å². The van der Waals surface area contributed by atoms with Gasteiger partial charge in [0, 0.05) is 25.6 Å². The van der Waals surface area contributed by atoms with E-state index >= 15 is 0 Å². The number of carbonyl (C=O) groups is 1. The largest absolute Gasteiger partial charge is 0.411 e. The molecule has 1 heterocycles. The molecule has 0 aromatic heterocycles. The van der Waals surface area contributed by atoms with Crippen LogP contribution in [0.3, 0.4) is 0 Å². The van der Waals surface area contributed by atoms with E-state index in [1.807, 2.05) is 13.0 Å². The highest BCUT2D eigenvalue weighted by atomic mass is 32.2. The first kappa shape index (κ1) is 26.2. The number of amides is 1. The molecule has 1 aliphatic rings. The summed E-state index contributed by atoms with van der Waals surface area (Å²) in [6, 6.07) is 12.0. The first-order valence-electron chi connectivity index (χ1n) is 11.0. The van der Waals surface area contributed by atoms with E-state index in [4.69, 9.17) is 0 Å². The molecule has 1 amide bonds. The van der Waals surface area contributed by atoms with Crippen LogP contribution in [0.25, 0.3) is 0 Å². The third-order valence-electron chi connectivity index (χ3n) is 5.80. The maximum Gasteiger partial charge on any atom is 0.411 e. The van der Waals surface area contributed by atoms with Gasteiger partial charge in [0.15, 0.2) is 0 Å². The molecule has 2 aromatic rings. The van der Waals surface area contributed by atoms with Gasteiger partial charge in [0.1, 0.15) is 6.61 Å². The van der Waals surface area contributed by atoms with E-state index in [1.165, 1.54) is 4.31 Å². The minimum Gasteiger partial charge on any atom is -0.367 e. The van der Waals surface area contributed by atoms with Gasteiger partial charge in [-0.05, 0) is 49.4 Å². The molecule has 0 bridgehead atoms. The number of piperidine rings is 1. The number of nitrogens with zero attached hydrogens (tertiary/aromatic N) is 1. The number of sulfonamides is 1. The summed E-state index contributed by atoms with van der Waals surface area (Å²) in [4.78, 5) is 12.9. The highest BCUT2D eigenvalue weighted by Gasteiger charge is 2.32. The Hall–Kier alpha value is -2.43. The van der Waals surface area contributed by atoms with E-state index < -0.39 is 22.8 Å². The number of ether oxygens (including phenoxy) is 1. The molecule has 0 aliphatic carbocycles. The smallest absolute Gasteiger partial charge is 0.367 e. The third kappa shape index (κ3) is 7.04. The van der Waals surface area contributed by atoms with E-state index in [1.54, 1.807) is 43.3 Å². The lowest BCUT2D eigenvalue weighted by Crippen LogP contribution is -2.43. The SMILES string of the molecule is Cc1ccc(S(=O)(=O)N2CCC(C(=O)NCc3ccc(COCC(F)(F)F)cc3)CC2)c(C)c1. The van der Waals surface area contributed by atoms with Crippen molar-refractivity contribution in [2.24, 2.45) is 5.92 Å². The van der Waals surface area contributed by atoms with Crippen molar-refractivity contribution in [1.82, 2.24) is 9.62 Å². The summed E-state index contributed by atoms with van der Waals surface area (Å²) in [5.41, 5.74) is 3.12. The lowest BCUT2D eigenvalue weighted by atomic mass is 9.97. The Morgan fingerprint density at radius 3 is 2.26 bits per heavy atom. The van der Waals surface area contributed by atoms with Crippen LogP contribution in [0.15, 0.2) is 47.4 Å². The monoisotopic (exact) mass is 498 g/mol. The number of aryl methyl sites for hydroxylation is 2. The molecule has 0 unspecified atom stereocenters. The predicted molar refractivity (Wildman–Crippen MR) is 121 cm³/mol. The van der Waals surface area contributed by atoms with Crippen molar-refractivity contribution in [1.29, 1.82) is 0 Å². The molecule has 34 heavy (non-hydrogen) atoms. The van der Waals surface area contributed by atoms with Crippen molar-refractivity contribution in [2.75, 3.05) is 19.7 Å². The summed E-state index contributed by atoms with van der Waals surface area (Å²) in [5.74, 6) is -0.415. The second-order valence-electron chi connectivity index (χ2n) is 8.59. The van der Waals surface area contributed by atoms with Crippen LogP contribution in [0.4, 0.5) is 13.2 Å². The number of hydrogen-bond donors (Lipinski definition) is 1. The molecule has 3 rings (SSSR count). The summed E-state index contributed by atoms with van der Waals surface area (Å²) in [7, 11) is -3.60. The van der Waals surface area contributed by atoms with Gasteiger partial charge < -0.3 is 10.1 Å². The zero-order chi connectivity index (χ0) is 24.9. The third-order valence-corrected chi connectivity index (χ3v) is 7.86. The molecule has 0 radical (unpaired) electrons. The summed E-state index contributed by atoms with van der Waals surface area (Å²) in [5, 5.41) is 2.86. The fourth-order valence-electron chi connectivity index (χ4n) is 3.96. The molecule has 2 aromatic carbocycles. The van der Waals surface area contributed by atoms with Crippen LogP contribution in [-0.4, -0.2) is 44.5 Å². The molecule has 1 aliphatic heterocycles. The Bertz CT molecular complexity index is 1090. The van der Waals surface area contributed by atoms with Crippen molar-refractivity contribution in [3.8, 4) is 0 Å². The van der Waals surface area contributed by atoms with E-state index in [9.17, 15) is 26.4 Å². The first-order valence-corrected chi connectivity index (χ1v) is 12.5. The number of benzene rings is 2. The number of carbonyl (C=O) groups excluding carboxylic acids is 1. The van der Waals surface area contributed by atoms with Gasteiger partial charge in [0.25, 0.3) is 0 Å². The summed E-state index contributed by atoms with van der Waals surface area (Å²) in [6.07, 6.45) is -3.49. The van der Waals surface area contributed by atoms with Gasteiger partial charge in [-0.3, -0.25) is 4.79 Å². The lowest BCUT2D eigenvalue weighted by molar-refractivity contribution is -0.176. The van der Waals surface area contributed by atoms with Gasteiger partial charge in [0.05, 0.1) is 11.5 Å². The van der Waals surface area contributed by atoms with E-state index in [-0.39, 0.29) is 38.1 Å². The predicted octanol–water partition coefficient (Wildman–Crippen LogP) is 4.10. The van der Waals surface area contributed by atoms with Crippen molar-refractivity contribution >= 4 is 15.9 Å². The molecular formula is C24H29F3N2O4S. The Kier molecular flexibility index (Phi) is 8.38. The van der Waals surface area contributed by atoms with E-state index in [0.717, 1.165) is 11.1 Å². The Balaban J connectivity index is 1.46. The number of hydrogen-bond acceptors (Lipinski definition) is 4. The summed E-state index contributed by atoms with van der Waals surface area (Å²) < 4.78 is 68.5. The maximum absolute atomic E-state index is 13.0.